The molecule has 1 aromatic rings. The molecule has 2 rings (SSSR count). The van der Waals surface area contributed by atoms with E-state index in [1.807, 2.05) is 12.1 Å². The van der Waals surface area contributed by atoms with Gasteiger partial charge in [-0.1, -0.05) is 0 Å². The van der Waals surface area contributed by atoms with Crippen LogP contribution < -0.4 is 5.73 Å². The van der Waals surface area contributed by atoms with E-state index in [4.69, 9.17) is 14.9 Å². The third-order valence-corrected chi connectivity index (χ3v) is 2.86. The second kappa shape index (κ2) is 5.84. The molecule has 1 saturated heterocycles. The van der Waals surface area contributed by atoms with Crippen LogP contribution in [-0.2, 0) is 16.1 Å². The molecule has 0 radical (unpaired) electrons. The van der Waals surface area contributed by atoms with Gasteiger partial charge in [0.25, 0.3) is 5.91 Å². The molecule has 0 bridgehead atoms. The van der Waals surface area contributed by atoms with Crippen molar-refractivity contribution in [3.8, 4) is 0 Å². The van der Waals surface area contributed by atoms with Crippen LogP contribution in [0.5, 0.6) is 0 Å². The molecule has 1 amide bonds. The zero-order chi connectivity index (χ0) is 12.1. The lowest BCUT2D eigenvalue weighted by molar-refractivity contribution is -0.154. The summed E-state index contributed by atoms with van der Waals surface area (Å²) in [6, 6.07) is 3.70. The van der Waals surface area contributed by atoms with E-state index in [1.165, 1.54) is 0 Å². The summed E-state index contributed by atoms with van der Waals surface area (Å²) in [4.78, 5) is 13.9. The Hall–Kier alpha value is -1.33. The summed E-state index contributed by atoms with van der Waals surface area (Å²) in [5.41, 5.74) is 5.44. The Morgan fingerprint density at radius 1 is 1.53 bits per heavy atom. The summed E-state index contributed by atoms with van der Waals surface area (Å²) in [6.07, 6.45) is 2.79. The van der Waals surface area contributed by atoms with Crippen LogP contribution >= 0.6 is 0 Å². The Morgan fingerprint density at radius 2 is 2.41 bits per heavy atom. The molecule has 1 aromatic heterocycles. The van der Waals surface area contributed by atoms with E-state index in [0.717, 1.165) is 12.2 Å². The summed E-state index contributed by atoms with van der Waals surface area (Å²) in [5, 5.41) is 0. The minimum atomic E-state index is -0.331. The number of morpholine rings is 1. The molecule has 1 aliphatic rings. The van der Waals surface area contributed by atoms with Crippen LogP contribution in [0.15, 0.2) is 22.8 Å². The minimum absolute atomic E-state index is 0.0427. The van der Waals surface area contributed by atoms with E-state index in [1.54, 1.807) is 11.2 Å². The van der Waals surface area contributed by atoms with Crippen molar-refractivity contribution in [1.29, 1.82) is 0 Å². The van der Waals surface area contributed by atoms with Crippen LogP contribution in [0.3, 0.4) is 0 Å². The zero-order valence-electron chi connectivity index (χ0n) is 9.80. The Bertz CT molecular complexity index is 351. The molecule has 0 spiro atoms. The van der Waals surface area contributed by atoms with Crippen molar-refractivity contribution in [1.82, 2.24) is 4.90 Å². The molecule has 1 atom stereocenters. The first kappa shape index (κ1) is 12.1. The van der Waals surface area contributed by atoms with Gasteiger partial charge in [0, 0.05) is 6.54 Å². The van der Waals surface area contributed by atoms with E-state index in [2.05, 4.69) is 0 Å². The fourth-order valence-electron chi connectivity index (χ4n) is 1.95. The van der Waals surface area contributed by atoms with Crippen molar-refractivity contribution in [2.24, 2.45) is 5.73 Å². The molecule has 94 valence electrons. The van der Waals surface area contributed by atoms with E-state index < -0.39 is 0 Å². The van der Waals surface area contributed by atoms with E-state index in [9.17, 15) is 4.79 Å². The van der Waals surface area contributed by atoms with Gasteiger partial charge >= 0.3 is 0 Å². The number of nitrogens with zero attached hydrogens (tertiary/aromatic N) is 1. The number of ether oxygens (including phenoxy) is 1. The van der Waals surface area contributed by atoms with Gasteiger partial charge < -0.3 is 19.8 Å². The first-order valence-corrected chi connectivity index (χ1v) is 5.94. The van der Waals surface area contributed by atoms with Crippen LogP contribution in [-0.4, -0.2) is 36.6 Å². The molecule has 17 heavy (non-hydrogen) atoms. The highest BCUT2D eigenvalue weighted by atomic mass is 16.5. The van der Waals surface area contributed by atoms with Crippen LogP contribution in [0, 0.1) is 0 Å². The van der Waals surface area contributed by atoms with Crippen molar-refractivity contribution in [2.75, 3.05) is 19.7 Å². The molecule has 0 aromatic carbocycles. The van der Waals surface area contributed by atoms with Gasteiger partial charge in [-0.3, -0.25) is 4.79 Å². The van der Waals surface area contributed by atoms with Crippen LogP contribution in [0.2, 0.25) is 0 Å². The quantitative estimate of drug-likeness (QED) is 0.821. The molecule has 5 heteroatoms. The molecular weight excluding hydrogens is 220 g/mol. The number of nitrogens with two attached hydrogens (primary N) is 1. The minimum Gasteiger partial charge on any atom is -0.467 e. The zero-order valence-corrected chi connectivity index (χ0v) is 9.80. The highest BCUT2D eigenvalue weighted by Gasteiger charge is 2.29. The molecule has 5 nitrogen and oxygen atoms in total. The second-order valence-electron chi connectivity index (χ2n) is 4.13. The highest BCUT2D eigenvalue weighted by molar-refractivity contribution is 5.81. The maximum atomic E-state index is 12.1. The fourth-order valence-corrected chi connectivity index (χ4v) is 1.95. The first-order chi connectivity index (χ1) is 8.31. The standard InChI is InChI=1S/C12H18N2O3/c13-5-1-4-11-12(15)14(6-8-17-11)9-10-3-2-7-16-10/h2-3,7,11H,1,4-6,8-9,13H2. The normalized spacial score (nSPS) is 20.9. The number of hydrogen-bond acceptors (Lipinski definition) is 4. The maximum Gasteiger partial charge on any atom is 0.252 e. The van der Waals surface area contributed by atoms with Crippen LogP contribution in [0.1, 0.15) is 18.6 Å². The van der Waals surface area contributed by atoms with Crippen molar-refractivity contribution in [2.45, 2.75) is 25.5 Å². The third-order valence-electron chi connectivity index (χ3n) is 2.86. The Labute approximate surface area is 101 Å². The number of amides is 1. The van der Waals surface area contributed by atoms with Gasteiger partial charge in [0.15, 0.2) is 0 Å². The van der Waals surface area contributed by atoms with Gasteiger partial charge in [-0.15, -0.1) is 0 Å². The average Bonchev–Trinajstić information content (AvgIpc) is 2.83. The van der Waals surface area contributed by atoms with E-state index in [0.29, 0.717) is 32.7 Å². The van der Waals surface area contributed by atoms with Crippen molar-refractivity contribution in [3.63, 3.8) is 0 Å². The second-order valence-corrected chi connectivity index (χ2v) is 4.13. The largest absolute Gasteiger partial charge is 0.467 e. The van der Waals surface area contributed by atoms with Crippen molar-refractivity contribution < 1.29 is 13.9 Å². The predicted octanol–water partition coefficient (Wildman–Crippen LogP) is 0.746. The number of carbonyl (C=O) groups is 1. The summed E-state index contributed by atoms with van der Waals surface area (Å²) in [5.74, 6) is 0.846. The Morgan fingerprint density at radius 3 is 3.12 bits per heavy atom. The highest BCUT2D eigenvalue weighted by Crippen LogP contribution is 2.15. The molecular formula is C12H18N2O3. The van der Waals surface area contributed by atoms with Gasteiger partial charge in [-0.25, -0.2) is 0 Å². The van der Waals surface area contributed by atoms with Gasteiger partial charge in [0.05, 0.1) is 19.4 Å². The molecule has 2 N–H and O–H groups in total. The molecule has 1 unspecified atom stereocenters. The molecule has 2 heterocycles. The third kappa shape index (κ3) is 3.08. The van der Waals surface area contributed by atoms with Crippen LogP contribution in [0.25, 0.3) is 0 Å². The van der Waals surface area contributed by atoms with Gasteiger partial charge in [0.2, 0.25) is 0 Å². The van der Waals surface area contributed by atoms with Gasteiger partial charge in [0.1, 0.15) is 11.9 Å². The molecule has 0 aliphatic carbocycles. The van der Waals surface area contributed by atoms with Gasteiger partial charge in [-0.05, 0) is 31.5 Å². The fraction of sp³-hybridized carbons (Fsp3) is 0.583. The lowest BCUT2D eigenvalue weighted by Gasteiger charge is -2.31. The topological polar surface area (TPSA) is 68.7 Å². The Kier molecular flexibility index (Phi) is 4.17. The van der Waals surface area contributed by atoms with Gasteiger partial charge in [-0.2, -0.15) is 0 Å². The monoisotopic (exact) mass is 238 g/mol. The Balaban J connectivity index is 1.91. The maximum absolute atomic E-state index is 12.1. The molecule has 0 saturated carbocycles. The molecule has 1 aliphatic heterocycles. The number of hydrogen-bond donors (Lipinski definition) is 1. The average molecular weight is 238 g/mol. The van der Waals surface area contributed by atoms with Crippen molar-refractivity contribution >= 4 is 5.91 Å². The van der Waals surface area contributed by atoms with Crippen molar-refractivity contribution in [3.05, 3.63) is 24.2 Å². The summed E-state index contributed by atoms with van der Waals surface area (Å²) in [6.45, 7) is 2.32. The summed E-state index contributed by atoms with van der Waals surface area (Å²) in [7, 11) is 0. The lowest BCUT2D eigenvalue weighted by atomic mass is 10.1. The van der Waals surface area contributed by atoms with E-state index in [-0.39, 0.29) is 12.0 Å². The molecule has 1 fully saturated rings. The van der Waals surface area contributed by atoms with Crippen LogP contribution in [0.4, 0.5) is 0 Å². The predicted molar refractivity (Wildman–Crippen MR) is 62.2 cm³/mol. The number of rotatable bonds is 5. The summed E-state index contributed by atoms with van der Waals surface area (Å²) < 4.78 is 10.7. The lowest BCUT2D eigenvalue weighted by Crippen LogP contribution is -2.47. The number of carbonyl (C=O) groups excluding carboxylic acids is 1. The summed E-state index contributed by atoms with van der Waals surface area (Å²) >= 11 is 0. The van der Waals surface area contributed by atoms with E-state index >= 15 is 0 Å². The SMILES string of the molecule is NCCCC1OCCN(Cc2ccco2)C1=O. The number of furan rings is 1. The first-order valence-electron chi connectivity index (χ1n) is 5.94. The smallest absolute Gasteiger partial charge is 0.252 e.